The molecule has 2 N–H and O–H groups in total. The zero-order valence-electron chi connectivity index (χ0n) is 17.6. The zero-order valence-corrected chi connectivity index (χ0v) is 18.4. The average Bonchev–Trinajstić information content (AvgIpc) is 3.03. The number of amides is 1. The van der Waals surface area contributed by atoms with E-state index in [1.54, 1.807) is 32.0 Å². The van der Waals surface area contributed by atoms with Crippen LogP contribution in [0.1, 0.15) is 49.3 Å². The first kappa shape index (κ1) is 22.9. The first-order chi connectivity index (χ1) is 14.2. The Hall–Kier alpha value is -2.81. The van der Waals surface area contributed by atoms with Crippen molar-refractivity contribution in [3.05, 3.63) is 56.6 Å². The second-order valence-electron chi connectivity index (χ2n) is 8.54. The number of alkyl halides is 3. The maximum absolute atomic E-state index is 13.8. The molecule has 0 saturated carbocycles. The minimum Gasteiger partial charge on any atom is -0.348 e. The monoisotopic (exact) mass is 454 g/mol. The number of carbonyl (C=O) groups is 1. The van der Waals surface area contributed by atoms with Gasteiger partial charge in [-0.1, -0.05) is 44.5 Å². The SMILES string of the molecule is Cc1ccc(-c2cn3nc(C(=O)N[C@@H](C)C(C)(C)C)c(C(F)(F)F)c3c(=O)[nH]2)cc1Cl. The van der Waals surface area contributed by atoms with Crippen molar-refractivity contribution in [2.24, 2.45) is 5.41 Å². The third-order valence-electron chi connectivity index (χ3n) is 5.25. The van der Waals surface area contributed by atoms with Gasteiger partial charge in [-0.05, 0) is 30.9 Å². The summed E-state index contributed by atoms with van der Waals surface area (Å²) in [6, 6.07) is 4.54. The molecule has 2 aromatic heterocycles. The molecule has 0 aliphatic heterocycles. The Morgan fingerprint density at radius 1 is 1.26 bits per heavy atom. The number of H-pyrrole nitrogens is 1. The number of nitrogens with zero attached hydrogens (tertiary/aromatic N) is 2. The van der Waals surface area contributed by atoms with Gasteiger partial charge in [-0.2, -0.15) is 18.3 Å². The van der Waals surface area contributed by atoms with Crippen LogP contribution in [-0.2, 0) is 6.18 Å². The van der Waals surface area contributed by atoms with E-state index in [-0.39, 0.29) is 11.1 Å². The lowest BCUT2D eigenvalue weighted by Gasteiger charge is -2.27. The summed E-state index contributed by atoms with van der Waals surface area (Å²) >= 11 is 6.12. The van der Waals surface area contributed by atoms with Crippen molar-refractivity contribution in [1.82, 2.24) is 19.9 Å². The topological polar surface area (TPSA) is 79.3 Å². The van der Waals surface area contributed by atoms with E-state index in [1.165, 1.54) is 6.20 Å². The molecule has 1 atom stereocenters. The number of hydrogen-bond acceptors (Lipinski definition) is 3. The van der Waals surface area contributed by atoms with Crippen LogP contribution in [0.4, 0.5) is 13.2 Å². The molecule has 0 radical (unpaired) electrons. The van der Waals surface area contributed by atoms with Gasteiger partial charge in [0.2, 0.25) is 0 Å². The smallest absolute Gasteiger partial charge is 0.348 e. The fourth-order valence-electron chi connectivity index (χ4n) is 2.90. The number of fused-ring (bicyclic) bond motifs is 1. The van der Waals surface area contributed by atoms with E-state index in [9.17, 15) is 22.8 Å². The molecule has 6 nitrogen and oxygen atoms in total. The summed E-state index contributed by atoms with van der Waals surface area (Å²) in [5.41, 5.74) is -2.87. The highest BCUT2D eigenvalue weighted by Crippen LogP contribution is 2.35. The van der Waals surface area contributed by atoms with Gasteiger partial charge >= 0.3 is 6.18 Å². The number of aryl methyl sites for hydroxylation is 1. The van der Waals surface area contributed by atoms with Gasteiger partial charge in [0.25, 0.3) is 11.5 Å². The van der Waals surface area contributed by atoms with Crippen LogP contribution in [0.2, 0.25) is 5.02 Å². The van der Waals surface area contributed by atoms with E-state index < -0.39 is 40.5 Å². The van der Waals surface area contributed by atoms with Gasteiger partial charge in [-0.15, -0.1) is 0 Å². The van der Waals surface area contributed by atoms with Crippen LogP contribution in [0.5, 0.6) is 0 Å². The second kappa shape index (κ2) is 7.71. The number of hydrogen-bond donors (Lipinski definition) is 2. The van der Waals surface area contributed by atoms with Crippen LogP contribution < -0.4 is 10.9 Å². The number of aromatic amines is 1. The van der Waals surface area contributed by atoms with Crippen molar-refractivity contribution >= 4 is 23.0 Å². The Morgan fingerprint density at radius 3 is 2.45 bits per heavy atom. The van der Waals surface area contributed by atoms with Crippen molar-refractivity contribution in [3.8, 4) is 11.3 Å². The highest BCUT2D eigenvalue weighted by molar-refractivity contribution is 6.31. The largest absolute Gasteiger partial charge is 0.421 e. The summed E-state index contributed by atoms with van der Waals surface area (Å²) < 4.78 is 42.3. The van der Waals surface area contributed by atoms with Crippen LogP contribution in [0.25, 0.3) is 16.8 Å². The summed E-state index contributed by atoms with van der Waals surface area (Å²) in [7, 11) is 0. The van der Waals surface area contributed by atoms with E-state index in [1.807, 2.05) is 20.8 Å². The Bertz CT molecular complexity index is 1220. The van der Waals surface area contributed by atoms with Gasteiger partial charge in [0.1, 0.15) is 11.1 Å². The highest BCUT2D eigenvalue weighted by Gasteiger charge is 2.42. The molecule has 0 aliphatic rings. The van der Waals surface area contributed by atoms with Gasteiger partial charge in [-0.25, -0.2) is 4.52 Å². The summed E-state index contributed by atoms with van der Waals surface area (Å²) in [6.07, 6.45) is -3.72. The number of halogens is 4. The van der Waals surface area contributed by atoms with Crippen LogP contribution in [0.15, 0.2) is 29.2 Å². The molecule has 0 spiro atoms. The third-order valence-corrected chi connectivity index (χ3v) is 5.66. The zero-order chi connectivity index (χ0) is 23.3. The summed E-state index contributed by atoms with van der Waals surface area (Å²) in [6.45, 7) is 9.01. The first-order valence-electron chi connectivity index (χ1n) is 9.50. The normalized spacial score (nSPS) is 13.5. The van der Waals surface area contributed by atoms with Crippen LogP contribution in [0, 0.1) is 12.3 Å². The number of carbonyl (C=O) groups excluding carboxylic acids is 1. The molecule has 31 heavy (non-hydrogen) atoms. The standard InChI is InChI=1S/C21H22ClF3N4O2/c1-10-6-7-12(8-13(10)22)14-9-29-17(19(31)27-14)15(21(23,24)25)16(28-29)18(30)26-11(2)20(3,4)5/h6-9,11H,1-5H3,(H,26,30)(H,27,31)/t11-/m0/s1. The molecule has 0 unspecified atom stereocenters. The second-order valence-corrected chi connectivity index (χ2v) is 8.94. The molecule has 2 heterocycles. The van der Waals surface area contributed by atoms with Crippen molar-refractivity contribution < 1.29 is 18.0 Å². The molecule has 0 bridgehead atoms. The third kappa shape index (κ3) is 4.46. The Balaban J connectivity index is 2.20. The fraction of sp³-hybridized carbons (Fsp3) is 0.381. The summed E-state index contributed by atoms with van der Waals surface area (Å²) in [4.78, 5) is 27.7. The molecular weight excluding hydrogens is 433 g/mol. The maximum atomic E-state index is 13.8. The highest BCUT2D eigenvalue weighted by atomic mass is 35.5. The molecule has 3 rings (SSSR count). The quantitative estimate of drug-likeness (QED) is 0.594. The minimum atomic E-state index is -4.96. The van der Waals surface area contributed by atoms with Gasteiger partial charge in [0.05, 0.1) is 11.9 Å². The number of rotatable bonds is 3. The Morgan fingerprint density at radius 2 is 1.90 bits per heavy atom. The molecule has 1 aromatic carbocycles. The molecule has 0 fully saturated rings. The van der Waals surface area contributed by atoms with E-state index in [4.69, 9.17) is 11.6 Å². The van der Waals surface area contributed by atoms with Crippen LogP contribution in [0.3, 0.4) is 0 Å². The van der Waals surface area contributed by atoms with Gasteiger partial charge in [0, 0.05) is 16.6 Å². The van der Waals surface area contributed by atoms with Gasteiger partial charge < -0.3 is 10.3 Å². The van der Waals surface area contributed by atoms with Crippen molar-refractivity contribution in [2.45, 2.75) is 46.8 Å². The number of nitrogens with one attached hydrogen (secondary N) is 2. The molecule has 166 valence electrons. The average molecular weight is 455 g/mol. The minimum absolute atomic E-state index is 0.214. The van der Waals surface area contributed by atoms with E-state index in [2.05, 4.69) is 15.4 Å². The lowest BCUT2D eigenvalue weighted by atomic mass is 9.88. The Kier molecular flexibility index (Phi) is 5.69. The summed E-state index contributed by atoms with van der Waals surface area (Å²) in [5, 5.41) is 6.81. The van der Waals surface area contributed by atoms with E-state index in [0.29, 0.717) is 10.6 Å². The molecule has 0 saturated heterocycles. The van der Waals surface area contributed by atoms with E-state index in [0.717, 1.165) is 10.1 Å². The maximum Gasteiger partial charge on any atom is 0.421 e. The molecule has 0 aliphatic carbocycles. The predicted octanol–water partition coefficient (Wildman–Crippen LogP) is 4.83. The van der Waals surface area contributed by atoms with Crippen molar-refractivity contribution in [2.75, 3.05) is 0 Å². The molecule has 3 aromatic rings. The molecular formula is C21H22ClF3N4O2. The molecule has 1 amide bonds. The number of benzene rings is 1. The fourth-order valence-corrected chi connectivity index (χ4v) is 3.08. The van der Waals surface area contributed by atoms with Gasteiger partial charge in [0.15, 0.2) is 5.69 Å². The summed E-state index contributed by atoms with van der Waals surface area (Å²) in [5.74, 6) is -1.00. The lowest BCUT2D eigenvalue weighted by molar-refractivity contribution is -0.136. The van der Waals surface area contributed by atoms with Crippen molar-refractivity contribution in [3.63, 3.8) is 0 Å². The van der Waals surface area contributed by atoms with E-state index >= 15 is 0 Å². The first-order valence-corrected chi connectivity index (χ1v) is 9.88. The van der Waals surface area contributed by atoms with Crippen LogP contribution >= 0.6 is 11.6 Å². The lowest BCUT2D eigenvalue weighted by Crippen LogP contribution is -2.42. The van der Waals surface area contributed by atoms with Gasteiger partial charge in [-0.3, -0.25) is 9.59 Å². The van der Waals surface area contributed by atoms with Crippen LogP contribution in [-0.4, -0.2) is 26.5 Å². The Labute approximate surface area is 181 Å². The predicted molar refractivity (Wildman–Crippen MR) is 112 cm³/mol. The number of aromatic nitrogens is 3. The molecule has 10 heteroatoms. The van der Waals surface area contributed by atoms with Crippen molar-refractivity contribution in [1.29, 1.82) is 0 Å².